The third-order valence-corrected chi connectivity index (χ3v) is 4.35. The van der Waals surface area contributed by atoms with Gasteiger partial charge in [0.2, 0.25) is 5.91 Å². The van der Waals surface area contributed by atoms with Gasteiger partial charge in [-0.05, 0) is 30.7 Å². The molecule has 1 N–H and O–H groups in total. The highest BCUT2D eigenvalue weighted by atomic mass is 35.5. The molecule has 22 heavy (non-hydrogen) atoms. The maximum absolute atomic E-state index is 12.1. The summed E-state index contributed by atoms with van der Waals surface area (Å²) >= 11 is 7.03. The van der Waals surface area contributed by atoms with E-state index in [4.69, 9.17) is 11.6 Å². The highest BCUT2D eigenvalue weighted by Crippen LogP contribution is 2.13. The van der Waals surface area contributed by atoms with Gasteiger partial charge in [0.15, 0.2) is 4.80 Å². The van der Waals surface area contributed by atoms with Crippen molar-refractivity contribution in [1.82, 2.24) is 4.57 Å². The summed E-state index contributed by atoms with van der Waals surface area (Å²) < 4.78 is 2.03. The van der Waals surface area contributed by atoms with Crippen molar-refractivity contribution in [2.45, 2.75) is 13.0 Å². The summed E-state index contributed by atoms with van der Waals surface area (Å²) in [7, 11) is 0. The van der Waals surface area contributed by atoms with E-state index in [0.717, 1.165) is 13.0 Å². The number of carbonyl (C=O) groups excluding carboxylic acids is 1. The summed E-state index contributed by atoms with van der Waals surface area (Å²) in [4.78, 5) is 29.1. The minimum absolute atomic E-state index is 0. The SMILES string of the molecule is Cl.O=C(C=c1sc2n(c1=O)CCCN=2)Nc1ccc(Cl)cc1. The first kappa shape index (κ1) is 16.7. The fraction of sp³-hybridized carbons (Fsp3) is 0.214. The zero-order chi connectivity index (χ0) is 14.8. The monoisotopic (exact) mass is 357 g/mol. The Morgan fingerprint density at radius 3 is 2.77 bits per heavy atom. The van der Waals surface area contributed by atoms with Crippen LogP contribution in [0.5, 0.6) is 0 Å². The molecule has 5 nitrogen and oxygen atoms in total. The van der Waals surface area contributed by atoms with Crippen LogP contribution in [0.2, 0.25) is 5.02 Å². The number of fused-ring (bicyclic) bond motifs is 1. The van der Waals surface area contributed by atoms with E-state index < -0.39 is 0 Å². The van der Waals surface area contributed by atoms with E-state index in [1.54, 1.807) is 28.8 Å². The smallest absolute Gasteiger partial charge is 0.270 e. The molecule has 2 aromatic rings. The van der Waals surface area contributed by atoms with Crippen molar-refractivity contribution in [2.75, 3.05) is 11.9 Å². The van der Waals surface area contributed by atoms with Crippen molar-refractivity contribution in [3.8, 4) is 0 Å². The van der Waals surface area contributed by atoms with Gasteiger partial charge in [-0.1, -0.05) is 22.9 Å². The summed E-state index contributed by atoms with van der Waals surface area (Å²) in [6.45, 7) is 1.40. The molecule has 3 rings (SSSR count). The zero-order valence-electron chi connectivity index (χ0n) is 11.4. The fourth-order valence-electron chi connectivity index (χ4n) is 2.06. The van der Waals surface area contributed by atoms with Gasteiger partial charge in [0.05, 0.1) is 0 Å². The lowest BCUT2D eigenvalue weighted by molar-refractivity contribution is -0.110. The van der Waals surface area contributed by atoms with Crippen LogP contribution in [0, 0.1) is 0 Å². The molecule has 0 atom stereocenters. The molecule has 2 heterocycles. The molecule has 0 radical (unpaired) electrons. The van der Waals surface area contributed by atoms with E-state index in [0.29, 0.717) is 26.6 Å². The van der Waals surface area contributed by atoms with Gasteiger partial charge in [0, 0.05) is 29.9 Å². The van der Waals surface area contributed by atoms with Gasteiger partial charge in [-0.2, -0.15) is 0 Å². The van der Waals surface area contributed by atoms with E-state index >= 15 is 0 Å². The van der Waals surface area contributed by atoms with Crippen LogP contribution >= 0.6 is 35.3 Å². The Kier molecular flexibility index (Phi) is 5.39. The number of thiazole rings is 1. The number of nitrogens with zero attached hydrogens (tertiary/aromatic N) is 2. The molecule has 116 valence electrons. The molecule has 1 amide bonds. The average Bonchev–Trinajstić information content (AvgIpc) is 2.78. The van der Waals surface area contributed by atoms with Crippen molar-refractivity contribution >= 4 is 53.0 Å². The molecule has 0 saturated carbocycles. The number of hydrogen-bond donors (Lipinski definition) is 1. The number of benzene rings is 1. The standard InChI is InChI=1S/C14H12ClN3O2S.ClH/c15-9-2-4-10(5-3-9)17-12(19)8-11-13(20)18-7-1-6-16-14(18)21-11;/h2-5,8H,1,6-7H2,(H,17,19);1H. The highest BCUT2D eigenvalue weighted by Gasteiger charge is 2.09. The second kappa shape index (κ2) is 7.09. The topological polar surface area (TPSA) is 63.5 Å². The summed E-state index contributed by atoms with van der Waals surface area (Å²) in [5.41, 5.74) is 0.483. The van der Waals surface area contributed by atoms with Crippen LogP contribution in [0.1, 0.15) is 6.42 Å². The van der Waals surface area contributed by atoms with Crippen molar-refractivity contribution in [3.63, 3.8) is 0 Å². The Morgan fingerprint density at radius 2 is 2.09 bits per heavy atom. The van der Waals surface area contributed by atoms with Crippen LogP contribution < -0.4 is 20.2 Å². The van der Waals surface area contributed by atoms with Gasteiger partial charge in [0.1, 0.15) is 4.53 Å². The number of hydrogen-bond acceptors (Lipinski definition) is 4. The van der Waals surface area contributed by atoms with Crippen molar-refractivity contribution in [1.29, 1.82) is 0 Å². The van der Waals surface area contributed by atoms with Gasteiger partial charge in [-0.3, -0.25) is 19.1 Å². The summed E-state index contributed by atoms with van der Waals surface area (Å²) in [6, 6.07) is 6.79. The maximum atomic E-state index is 12.1. The van der Waals surface area contributed by atoms with E-state index in [-0.39, 0.29) is 23.9 Å². The van der Waals surface area contributed by atoms with Crippen LogP contribution in [-0.4, -0.2) is 17.0 Å². The number of aromatic nitrogens is 1. The molecule has 0 spiro atoms. The molecular formula is C14H13Cl2N3O2S. The largest absolute Gasteiger partial charge is 0.322 e. The van der Waals surface area contributed by atoms with Crippen molar-refractivity contribution in [3.05, 3.63) is 49.0 Å². The van der Waals surface area contributed by atoms with Crippen LogP contribution in [0.15, 0.2) is 34.1 Å². The zero-order valence-corrected chi connectivity index (χ0v) is 13.8. The van der Waals surface area contributed by atoms with E-state index in [9.17, 15) is 9.59 Å². The molecule has 1 aromatic heterocycles. The molecule has 1 aliphatic heterocycles. The maximum Gasteiger partial charge on any atom is 0.270 e. The second-order valence-electron chi connectivity index (χ2n) is 4.58. The lowest BCUT2D eigenvalue weighted by Gasteiger charge is -2.03. The molecule has 0 unspecified atom stereocenters. The third kappa shape index (κ3) is 3.58. The van der Waals surface area contributed by atoms with Gasteiger partial charge in [-0.25, -0.2) is 0 Å². The Hall–Kier alpha value is -1.63. The van der Waals surface area contributed by atoms with Gasteiger partial charge in [0.25, 0.3) is 5.56 Å². The molecule has 1 aromatic carbocycles. The average molecular weight is 358 g/mol. The van der Waals surface area contributed by atoms with Gasteiger partial charge >= 0.3 is 0 Å². The summed E-state index contributed by atoms with van der Waals surface area (Å²) in [6.07, 6.45) is 2.18. The Labute approximate surface area is 141 Å². The lowest BCUT2D eigenvalue weighted by Crippen LogP contribution is -2.34. The molecule has 1 aliphatic rings. The van der Waals surface area contributed by atoms with Crippen molar-refractivity contribution in [2.24, 2.45) is 4.99 Å². The van der Waals surface area contributed by atoms with Crippen LogP contribution in [-0.2, 0) is 11.3 Å². The van der Waals surface area contributed by atoms with Crippen molar-refractivity contribution < 1.29 is 4.79 Å². The lowest BCUT2D eigenvalue weighted by atomic mass is 10.3. The first-order valence-electron chi connectivity index (χ1n) is 6.46. The van der Waals surface area contributed by atoms with E-state index in [1.807, 2.05) is 0 Å². The second-order valence-corrected chi connectivity index (χ2v) is 6.03. The highest BCUT2D eigenvalue weighted by molar-refractivity contribution is 7.07. The predicted molar refractivity (Wildman–Crippen MR) is 90.6 cm³/mol. The Bertz CT molecular complexity index is 856. The Morgan fingerprint density at radius 1 is 1.36 bits per heavy atom. The predicted octanol–water partition coefficient (Wildman–Crippen LogP) is 1.43. The first-order chi connectivity index (χ1) is 10.1. The number of nitrogens with one attached hydrogen (secondary N) is 1. The summed E-state index contributed by atoms with van der Waals surface area (Å²) in [5.74, 6) is -0.339. The molecule has 8 heteroatoms. The normalized spacial score (nSPS) is 13.8. The number of anilines is 1. The van der Waals surface area contributed by atoms with E-state index in [1.165, 1.54) is 17.4 Å². The molecule has 0 saturated heterocycles. The van der Waals surface area contributed by atoms with E-state index in [2.05, 4.69) is 10.3 Å². The van der Waals surface area contributed by atoms with Gasteiger partial charge < -0.3 is 5.32 Å². The third-order valence-electron chi connectivity index (χ3n) is 3.05. The van der Waals surface area contributed by atoms with Crippen LogP contribution in [0.4, 0.5) is 5.69 Å². The van der Waals surface area contributed by atoms with Crippen LogP contribution in [0.3, 0.4) is 0 Å². The molecule has 0 bridgehead atoms. The quantitative estimate of drug-likeness (QED) is 0.883. The molecular weight excluding hydrogens is 345 g/mol. The number of carbonyl (C=O) groups is 1. The molecule has 0 fully saturated rings. The minimum Gasteiger partial charge on any atom is -0.322 e. The van der Waals surface area contributed by atoms with Gasteiger partial charge in [-0.15, -0.1) is 12.4 Å². The number of rotatable bonds is 2. The summed E-state index contributed by atoms with van der Waals surface area (Å²) in [5, 5.41) is 3.30. The number of halogens is 2. The fourth-order valence-corrected chi connectivity index (χ4v) is 3.18. The minimum atomic E-state index is -0.339. The Balaban J connectivity index is 0.00000176. The molecule has 0 aliphatic carbocycles. The van der Waals surface area contributed by atoms with Crippen LogP contribution in [0.25, 0.3) is 6.08 Å². The number of amides is 1. The first-order valence-corrected chi connectivity index (χ1v) is 7.65.